The van der Waals surface area contributed by atoms with Crippen molar-refractivity contribution in [1.82, 2.24) is 15.6 Å². The van der Waals surface area contributed by atoms with Gasteiger partial charge in [0.15, 0.2) is 5.96 Å². The van der Waals surface area contributed by atoms with E-state index < -0.39 is 0 Å². The molecule has 0 unspecified atom stereocenters. The number of nitrogens with one attached hydrogen (secondary N) is 2. The van der Waals surface area contributed by atoms with E-state index in [1.54, 1.807) is 18.4 Å². The maximum atomic E-state index is 5.38. The Kier molecular flexibility index (Phi) is 7.11. The van der Waals surface area contributed by atoms with Gasteiger partial charge >= 0.3 is 0 Å². The molecule has 6 heteroatoms. The molecule has 0 radical (unpaired) electrons. The normalized spacial score (nSPS) is 12.6. The molecule has 0 saturated carbocycles. The van der Waals surface area contributed by atoms with Crippen LogP contribution in [0.5, 0.6) is 0 Å². The number of hydrogen-bond donors (Lipinski definition) is 2. The number of aromatic nitrogens is 1. The molecular formula is C15H28N4OS. The van der Waals surface area contributed by atoms with Gasteiger partial charge in [-0.2, -0.15) is 0 Å². The van der Waals surface area contributed by atoms with Gasteiger partial charge in [-0.3, -0.25) is 4.99 Å². The van der Waals surface area contributed by atoms with Gasteiger partial charge in [-0.1, -0.05) is 0 Å². The number of nitrogens with zero attached hydrogens (tertiary/aromatic N) is 2. The highest BCUT2D eigenvalue weighted by Gasteiger charge is 2.15. The molecule has 0 aliphatic rings. The van der Waals surface area contributed by atoms with Crippen molar-refractivity contribution in [2.24, 2.45) is 4.99 Å². The molecule has 2 N–H and O–H groups in total. The minimum atomic E-state index is -0.244. The Bertz CT molecular complexity index is 449. The van der Waals surface area contributed by atoms with E-state index in [9.17, 15) is 0 Å². The van der Waals surface area contributed by atoms with Gasteiger partial charge < -0.3 is 15.4 Å². The lowest BCUT2D eigenvalue weighted by molar-refractivity contribution is 0.0310. The topological polar surface area (TPSA) is 58.5 Å². The van der Waals surface area contributed by atoms with Crippen LogP contribution in [-0.4, -0.2) is 43.3 Å². The van der Waals surface area contributed by atoms with Crippen LogP contribution in [0.2, 0.25) is 0 Å². The van der Waals surface area contributed by atoms with E-state index >= 15 is 0 Å². The average Bonchev–Trinajstić information content (AvgIpc) is 2.75. The summed E-state index contributed by atoms with van der Waals surface area (Å²) >= 11 is 1.77. The highest BCUT2D eigenvalue weighted by Crippen LogP contribution is 2.16. The molecule has 0 aliphatic carbocycles. The molecule has 0 amide bonds. The van der Waals surface area contributed by atoms with Crippen LogP contribution in [0.1, 0.15) is 36.3 Å². The minimum absolute atomic E-state index is 0.244. The summed E-state index contributed by atoms with van der Waals surface area (Å²) in [7, 11) is 1.71. The lowest BCUT2D eigenvalue weighted by atomic mass is 10.1. The standard InChI is InChI=1S/C15H28N4OS/c1-7-16-14(18-10-15(4,5)20-6)17-9-8-13-19-11(2)12(3)21-13/h7-10H2,1-6H3,(H2,16,17,18). The zero-order valence-corrected chi connectivity index (χ0v) is 14.9. The van der Waals surface area contributed by atoms with Crippen LogP contribution in [0, 0.1) is 13.8 Å². The summed E-state index contributed by atoms with van der Waals surface area (Å²) in [6.45, 7) is 12.6. The van der Waals surface area contributed by atoms with Crippen molar-refractivity contribution in [3.8, 4) is 0 Å². The van der Waals surface area contributed by atoms with Gasteiger partial charge in [-0.05, 0) is 34.6 Å². The molecule has 0 bridgehead atoms. The van der Waals surface area contributed by atoms with Crippen molar-refractivity contribution in [2.75, 3.05) is 26.7 Å². The maximum absolute atomic E-state index is 5.38. The first-order valence-corrected chi connectivity index (χ1v) is 8.20. The molecule has 1 aromatic heterocycles. The van der Waals surface area contributed by atoms with Crippen LogP contribution in [0.3, 0.4) is 0 Å². The molecule has 5 nitrogen and oxygen atoms in total. The Hall–Kier alpha value is -1.14. The molecule has 0 fully saturated rings. The summed E-state index contributed by atoms with van der Waals surface area (Å²) in [4.78, 5) is 10.4. The Morgan fingerprint density at radius 1 is 1.33 bits per heavy atom. The quantitative estimate of drug-likeness (QED) is 0.599. The Morgan fingerprint density at radius 3 is 2.57 bits per heavy atom. The molecule has 0 atom stereocenters. The van der Waals surface area contributed by atoms with Crippen LogP contribution in [0.4, 0.5) is 0 Å². The largest absolute Gasteiger partial charge is 0.377 e. The van der Waals surface area contributed by atoms with Gasteiger partial charge in [0.1, 0.15) is 0 Å². The molecule has 1 heterocycles. The SMILES string of the molecule is CCNC(=NCC(C)(C)OC)NCCc1nc(C)c(C)s1. The summed E-state index contributed by atoms with van der Waals surface area (Å²) in [6, 6.07) is 0. The Labute approximate surface area is 132 Å². The van der Waals surface area contributed by atoms with Gasteiger partial charge in [0.05, 0.1) is 22.8 Å². The fraction of sp³-hybridized carbons (Fsp3) is 0.733. The number of ether oxygens (including phenoxy) is 1. The van der Waals surface area contributed by atoms with Crippen molar-refractivity contribution >= 4 is 17.3 Å². The second-order valence-corrected chi connectivity index (χ2v) is 6.87. The number of hydrogen-bond acceptors (Lipinski definition) is 4. The monoisotopic (exact) mass is 312 g/mol. The van der Waals surface area contributed by atoms with Gasteiger partial charge in [-0.25, -0.2) is 4.98 Å². The average molecular weight is 312 g/mol. The molecule has 21 heavy (non-hydrogen) atoms. The van der Waals surface area contributed by atoms with Crippen LogP contribution >= 0.6 is 11.3 Å². The summed E-state index contributed by atoms with van der Waals surface area (Å²) < 4.78 is 5.38. The number of thiazole rings is 1. The van der Waals surface area contributed by atoms with Crippen LogP contribution in [0.15, 0.2) is 4.99 Å². The van der Waals surface area contributed by atoms with E-state index in [1.807, 2.05) is 13.8 Å². The predicted octanol–water partition coefficient (Wildman–Crippen LogP) is 2.28. The fourth-order valence-electron chi connectivity index (χ4n) is 1.61. The van der Waals surface area contributed by atoms with Crippen molar-refractivity contribution < 1.29 is 4.74 Å². The van der Waals surface area contributed by atoms with E-state index in [2.05, 4.69) is 41.4 Å². The third kappa shape index (κ3) is 6.44. The molecular weight excluding hydrogens is 284 g/mol. The van der Waals surface area contributed by atoms with Gasteiger partial charge in [0.25, 0.3) is 0 Å². The first-order chi connectivity index (χ1) is 9.88. The van der Waals surface area contributed by atoms with Gasteiger partial charge in [0, 0.05) is 31.5 Å². The van der Waals surface area contributed by atoms with E-state index in [4.69, 9.17) is 4.74 Å². The molecule has 0 aliphatic heterocycles. The number of guanidine groups is 1. The maximum Gasteiger partial charge on any atom is 0.191 e. The number of aryl methyl sites for hydroxylation is 2. The molecule has 0 spiro atoms. The smallest absolute Gasteiger partial charge is 0.191 e. The Balaban J connectivity index is 2.49. The Morgan fingerprint density at radius 2 is 2.05 bits per heavy atom. The first-order valence-electron chi connectivity index (χ1n) is 7.38. The van der Waals surface area contributed by atoms with Crippen LogP contribution in [0.25, 0.3) is 0 Å². The molecule has 1 aromatic rings. The van der Waals surface area contributed by atoms with E-state index in [0.717, 1.165) is 31.2 Å². The molecule has 1 rings (SSSR count). The third-order valence-electron chi connectivity index (χ3n) is 3.22. The molecule has 0 aromatic carbocycles. The first kappa shape index (κ1) is 17.9. The third-order valence-corrected chi connectivity index (χ3v) is 4.35. The van der Waals surface area contributed by atoms with Crippen LogP contribution in [-0.2, 0) is 11.2 Å². The van der Waals surface area contributed by atoms with Gasteiger partial charge in [-0.15, -0.1) is 11.3 Å². The van der Waals surface area contributed by atoms with Crippen molar-refractivity contribution in [3.63, 3.8) is 0 Å². The number of methoxy groups -OCH3 is 1. The van der Waals surface area contributed by atoms with Crippen molar-refractivity contribution in [2.45, 2.75) is 46.6 Å². The van der Waals surface area contributed by atoms with Crippen LogP contribution < -0.4 is 10.6 Å². The minimum Gasteiger partial charge on any atom is -0.377 e. The number of aliphatic imine (C=N–C) groups is 1. The molecule has 0 saturated heterocycles. The highest BCUT2D eigenvalue weighted by molar-refractivity contribution is 7.11. The zero-order chi connectivity index (χ0) is 15.9. The van der Waals surface area contributed by atoms with Crippen molar-refractivity contribution in [1.29, 1.82) is 0 Å². The predicted molar refractivity (Wildman–Crippen MR) is 90.4 cm³/mol. The summed E-state index contributed by atoms with van der Waals surface area (Å²) in [5, 5.41) is 7.76. The lowest BCUT2D eigenvalue weighted by Gasteiger charge is -2.21. The summed E-state index contributed by atoms with van der Waals surface area (Å²) in [6.07, 6.45) is 0.914. The van der Waals surface area contributed by atoms with E-state index in [0.29, 0.717) is 6.54 Å². The van der Waals surface area contributed by atoms with Gasteiger partial charge in [0.2, 0.25) is 0 Å². The van der Waals surface area contributed by atoms with E-state index in [1.165, 1.54) is 9.88 Å². The summed E-state index contributed by atoms with van der Waals surface area (Å²) in [5.74, 6) is 0.827. The second kappa shape index (κ2) is 8.34. The summed E-state index contributed by atoms with van der Waals surface area (Å²) in [5.41, 5.74) is 0.892. The zero-order valence-electron chi connectivity index (χ0n) is 14.0. The van der Waals surface area contributed by atoms with E-state index in [-0.39, 0.29) is 5.60 Å². The molecule has 120 valence electrons. The fourth-order valence-corrected chi connectivity index (χ4v) is 2.54. The lowest BCUT2D eigenvalue weighted by Crippen LogP contribution is -2.40. The number of rotatable bonds is 7. The highest BCUT2D eigenvalue weighted by atomic mass is 32.1. The van der Waals surface area contributed by atoms with Crippen molar-refractivity contribution in [3.05, 3.63) is 15.6 Å². The second-order valence-electron chi connectivity index (χ2n) is 5.58.